The molecule has 5 nitrogen and oxygen atoms in total. The molecule has 2 N–H and O–H groups in total. The number of hydrogen-bond acceptors (Lipinski definition) is 3. The van der Waals surface area contributed by atoms with Crippen molar-refractivity contribution in [2.24, 2.45) is 0 Å². The van der Waals surface area contributed by atoms with E-state index in [-0.39, 0.29) is 5.56 Å². The minimum absolute atomic E-state index is 0.133. The molecule has 0 aliphatic heterocycles. The van der Waals surface area contributed by atoms with Gasteiger partial charge in [0, 0.05) is 22.8 Å². The zero-order chi connectivity index (χ0) is 14.6. The lowest BCUT2D eigenvalue weighted by Gasteiger charge is -2.19. The Morgan fingerprint density at radius 1 is 1.47 bits per heavy atom. The lowest BCUT2D eigenvalue weighted by atomic mass is 10.1. The normalized spacial score (nSPS) is 11.2. The molecule has 0 spiro atoms. The monoisotopic (exact) mass is 330 g/mol. The van der Waals surface area contributed by atoms with Crippen LogP contribution in [-0.2, 0) is 11.2 Å². The maximum Gasteiger partial charge on any atom is 0.407 e. The van der Waals surface area contributed by atoms with Crippen LogP contribution in [0.1, 0.15) is 31.9 Å². The molecule has 1 heterocycles. The molecule has 106 valence electrons. The van der Waals surface area contributed by atoms with E-state index in [4.69, 9.17) is 4.74 Å². The molecule has 1 aromatic rings. The molecule has 19 heavy (non-hydrogen) atoms. The molecule has 0 unspecified atom stereocenters. The van der Waals surface area contributed by atoms with Gasteiger partial charge in [-0.2, -0.15) is 0 Å². The van der Waals surface area contributed by atoms with Gasteiger partial charge in [0.1, 0.15) is 5.60 Å². The standard InChI is InChI=1S/C13H19BrN2O3/c1-8-9(11(17)16-7-10(8)14)5-6-15-12(18)19-13(2,3)4/h7H,5-6H2,1-4H3,(H,15,18)(H,16,17). The summed E-state index contributed by atoms with van der Waals surface area (Å²) in [4.78, 5) is 25.8. The van der Waals surface area contributed by atoms with E-state index < -0.39 is 11.7 Å². The van der Waals surface area contributed by atoms with Crippen molar-refractivity contribution in [2.75, 3.05) is 6.54 Å². The number of alkyl carbamates (subject to hydrolysis) is 1. The highest BCUT2D eigenvalue weighted by molar-refractivity contribution is 9.10. The van der Waals surface area contributed by atoms with Crippen molar-refractivity contribution < 1.29 is 9.53 Å². The van der Waals surface area contributed by atoms with Crippen LogP contribution in [0.2, 0.25) is 0 Å². The van der Waals surface area contributed by atoms with Gasteiger partial charge >= 0.3 is 6.09 Å². The molecule has 0 radical (unpaired) electrons. The van der Waals surface area contributed by atoms with E-state index in [9.17, 15) is 9.59 Å². The second kappa shape index (κ2) is 6.23. The lowest BCUT2D eigenvalue weighted by molar-refractivity contribution is 0.0528. The summed E-state index contributed by atoms with van der Waals surface area (Å²) in [6, 6.07) is 0. The molecule has 0 atom stereocenters. The van der Waals surface area contributed by atoms with Crippen LogP contribution in [0, 0.1) is 6.92 Å². The van der Waals surface area contributed by atoms with Crippen molar-refractivity contribution in [1.29, 1.82) is 0 Å². The first-order valence-corrected chi connectivity index (χ1v) is 6.83. The number of amides is 1. The quantitative estimate of drug-likeness (QED) is 0.894. The molecule has 1 amide bonds. The highest BCUT2D eigenvalue weighted by Crippen LogP contribution is 2.15. The molecule has 0 fully saturated rings. The first-order chi connectivity index (χ1) is 8.70. The minimum Gasteiger partial charge on any atom is -0.444 e. The van der Waals surface area contributed by atoms with Crippen molar-refractivity contribution in [3.05, 3.63) is 32.2 Å². The molecule has 0 saturated heterocycles. The van der Waals surface area contributed by atoms with Crippen LogP contribution in [-0.4, -0.2) is 23.2 Å². The first kappa shape index (κ1) is 15.8. The summed E-state index contributed by atoms with van der Waals surface area (Å²) in [6.07, 6.45) is 1.60. The Hall–Kier alpha value is -1.30. The van der Waals surface area contributed by atoms with E-state index in [1.807, 2.05) is 6.92 Å². The topological polar surface area (TPSA) is 71.2 Å². The SMILES string of the molecule is Cc1c(Br)c[nH]c(=O)c1CCNC(=O)OC(C)(C)C. The van der Waals surface area contributed by atoms with Gasteiger partial charge in [-0.25, -0.2) is 4.79 Å². The molecule has 0 saturated carbocycles. The minimum atomic E-state index is -0.521. The van der Waals surface area contributed by atoms with E-state index in [1.54, 1.807) is 27.0 Å². The highest BCUT2D eigenvalue weighted by Gasteiger charge is 2.16. The molecule has 0 bridgehead atoms. The fraction of sp³-hybridized carbons (Fsp3) is 0.538. The Kier molecular flexibility index (Phi) is 5.17. The van der Waals surface area contributed by atoms with Crippen LogP contribution < -0.4 is 10.9 Å². The lowest BCUT2D eigenvalue weighted by Crippen LogP contribution is -2.34. The number of carbonyl (C=O) groups is 1. The van der Waals surface area contributed by atoms with Gasteiger partial charge in [0.2, 0.25) is 0 Å². The smallest absolute Gasteiger partial charge is 0.407 e. The van der Waals surface area contributed by atoms with Crippen LogP contribution in [0.15, 0.2) is 15.5 Å². The van der Waals surface area contributed by atoms with Gasteiger partial charge in [-0.15, -0.1) is 0 Å². The predicted molar refractivity (Wildman–Crippen MR) is 77.4 cm³/mol. The number of ether oxygens (including phenoxy) is 1. The van der Waals surface area contributed by atoms with Gasteiger partial charge in [0.15, 0.2) is 0 Å². The third-order valence-electron chi connectivity index (χ3n) is 2.46. The number of aromatic nitrogens is 1. The molecule has 1 aromatic heterocycles. The summed E-state index contributed by atoms with van der Waals surface area (Å²) >= 11 is 3.36. The Morgan fingerprint density at radius 2 is 2.11 bits per heavy atom. The predicted octanol–water partition coefficient (Wildman–Crippen LogP) is 2.51. The largest absolute Gasteiger partial charge is 0.444 e. The number of hydrogen-bond donors (Lipinski definition) is 2. The fourth-order valence-electron chi connectivity index (χ4n) is 1.54. The third kappa shape index (κ3) is 5.06. The van der Waals surface area contributed by atoms with Crippen LogP contribution >= 0.6 is 15.9 Å². The molecular weight excluding hydrogens is 312 g/mol. The van der Waals surface area contributed by atoms with Gasteiger partial charge in [-0.1, -0.05) is 0 Å². The summed E-state index contributed by atoms with van der Waals surface area (Å²) in [5.74, 6) is 0. The van der Waals surface area contributed by atoms with E-state index in [0.29, 0.717) is 18.5 Å². The number of carbonyl (C=O) groups excluding carboxylic acids is 1. The first-order valence-electron chi connectivity index (χ1n) is 6.04. The summed E-state index contributed by atoms with van der Waals surface area (Å²) < 4.78 is 5.96. The van der Waals surface area contributed by atoms with E-state index >= 15 is 0 Å². The molecule has 0 aliphatic carbocycles. The van der Waals surface area contributed by atoms with Crippen molar-refractivity contribution in [3.63, 3.8) is 0 Å². The van der Waals surface area contributed by atoms with Crippen molar-refractivity contribution in [1.82, 2.24) is 10.3 Å². The molecule has 1 rings (SSSR count). The maximum absolute atomic E-state index is 11.7. The average Bonchev–Trinajstić information content (AvgIpc) is 2.26. The average molecular weight is 331 g/mol. The van der Waals surface area contributed by atoms with Crippen molar-refractivity contribution in [3.8, 4) is 0 Å². The van der Waals surface area contributed by atoms with Gasteiger partial charge in [-0.05, 0) is 55.6 Å². The van der Waals surface area contributed by atoms with E-state index in [0.717, 1.165) is 10.0 Å². The number of rotatable bonds is 3. The summed E-state index contributed by atoms with van der Waals surface area (Å²) in [6.45, 7) is 7.62. The highest BCUT2D eigenvalue weighted by atomic mass is 79.9. The second-order valence-corrected chi connectivity index (χ2v) is 6.10. The van der Waals surface area contributed by atoms with Crippen LogP contribution in [0.4, 0.5) is 4.79 Å². The van der Waals surface area contributed by atoms with Crippen LogP contribution in [0.25, 0.3) is 0 Å². The summed E-state index contributed by atoms with van der Waals surface area (Å²) in [5.41, 5.74) is 0.889. The Morgan fingerprint density at radius 3 is 2.68 bits per heavy atom. The van der Waals surface area contributed by atoms with Gasteiger partial charge in [-0.3, -0.25) is 4.79 Å². The molecule has 6 heteroatoms. The zero-order valence-electron chi connectivity index (χ0n) is 11.6. The molecular formula is C13H19BrN2O3. The van der Waals surface area contributed by atoms with E-state index in [1.165, 1.54) is 0 Å². The van der Waals surface area contributed by atoms with Crippen molar-refractivity contribution >= 4 is 22.0 Å². The number of aromatic amines is 1. The van der Waals surface area contributed by atoms with Crippen molar-refractivity contribution in [2.45, 2.75) is 39.7 Å². The summed E-state index contributed by atoms with van der Waals surface area (Å²) in [7, 11) is 0. The zero-order valence-corrected chi connectivity index (χ0v) is 13.2. The molecule has 0 aliphatic rings. The number of halogens is 1. The van der Waals surface area contributed by atoms with E-state index in [2.05, 4.69) is 26.2 Å². The van der Waals surface area contributed by atoms with Gasteiger partial charge < -0.3 is 15.0 Å². The maximum atomic E-state index is 11.7. The Balaban J connectivity index is 2.57. The third-order valence-corrected chi connectivity index (χ3v) is 3.28. The molecule has 0 aromatic carbocycles. The Labute approximate surface area is 120 Å². The number of H-pyrrole nitrogens is 1. The number of pyridine rings is 1. The fourth-order valence-corrected chi connectivity index (χ4v) is 1.90. The Bertz CT molecular complexity index is 518. The van der Waals surface area contributed by atoms with Gasteiger partial charge in [0.25, 0.3) is 5.56 Å². The number of nitrogens with one attached hydrogen (secondary N) is 2. The van der Waals surface area contributed by atoms with Gasteiger partial charge in [0.05, 0.1) is 0 Å². The van der Waals surface area contributed by atoms with Crippen LogP contribution in [0.3, 0.4) is 0 Å². The van der Waals surface area contributed by atoms with Crippen LogP contribution in [0.5, 0.6) is 0 Å². The summed E-state index contributed by atoms with van der Waals surface area (Å²) in [5, 5.41) is 2.63. The second-order valence-electron chi connectivity index (χ2n) is 5.25.